The minimum absolute atomic E-state index is 0.0484. The summed E-state index contributed by atoms with van der Waals surface area (Å²) in [6, 6.07) is 12.3. The molecular weight excluding hydrogens is 427 g/mol. The van der Waals surface area contributed by atoms with E-state index in [9.17, 15) is 18.0 Å². The number of halogens is 4. The number of aromatic nitrogens is 2. The van der Waals surface area contributed by atoms with Gasteiger partial charge in [0.1, 0.15) is 0 Å². The number of rotatable bonds is 4. The maximum absolute atomic E-state index is 13.1. The molecule has 1 aliphatic heterocycles. The Morgan fingerprint density at radius 2 is 1.58 bits per heavy atom. The Balaban J connectivity index is 1.45. The summed E-state index contributed by atoms with van der Waals surface area (Å²) in [6.45, 7) is 1.40. The van der Waals surface area contributed by atoms with Gasteiger partial charge in [-0.15, -0.1) is 0 Å². The molecule has 0 bridgehead atoms. The van der Waals surface area contributed by atoms with Gasteiger partial charge in [0.15, 0.2) is 5.78 Å². The zero-order valence-corrected chi connectivity index (χ0v) is 17.2. The molecule has 0 amide bonds. The van der Waals surface area contributed by atoms with Crippen LogP contribution in [0.2, 0.25) is 5.02 Å². The number of carbonyl (C=O) groups is 1. The lowest BCUT2D eigenvalue weighted by atomic mass is 9.88. The highest BCUT2D eigenvalue weighted by Gasteiger charge is 2.33. The summed E-state index contributed by atoms with van der Waals surface area (Å²) in [5.74, 6) is 0.615. The van der Waals surface area contributed by atoms with E-state index in [0.29, 0.717) is 48.6 Å². The fourth-order valence-electron chi connectivity index (χ4n) is 3.78. The van der Waals surface area contributed by atoms with Gasteiger partial charge in [-0.3, -0.25) is 4.79 Å². The van der Waals surface area contributed by atoms with Crippen LogP contribution in [0.1, 0.15) is 28.8 Å². The predicted molar refractivity (Wildman–Crippen MR) is 113 cm³/mol. The molecule has 4 rings (SSSR count). The van der Waals surface area contributed by atoms with E-state index >= 15 is 0 Å². The van der Waals surface area contributed by atoms with Crippen molar-refractivity contribution in [2.75, 3.05) is 18.0 Å². The van der Waals surface area contributed by atoms with Gasteiger partial charge in [-0.05, 0) is 42.2 Å². The molecule has 1 fully saturated rings. The minimum atomic E-state index is -4.53. The van der Waals surface area contributed by atoms with Crippen molar-refractivity contribution in [1.82, 2.24) is 9.97 Å². The van der Waals surface area contributed by atoms with Gasteiger partial charge in [-0.25, -0.2) is 9.97 Å². The van der Waals surface area contributed by atoms with Crippen LogP contribution in [0, 0.1) is 5.92 Å². The van der Waals surface area contributed by atoms with Crippen LogP contribution in [0.25, 0.3) is 11.1 Å². The van der Waals surface area contributed by atoms with Gasteiger partial charge >= 0.3 is 6.18 Å². The summed E-state index contributed by atoms with van der Waals surface area (Å²) in [6.07, 6.45) is 0.261. The first-order valence-electron chi connectivity index (χ1n) is 9.86. The van der Waals surface area contributed by atoms with Gasteiger partial charge in [0.2, 0.25) is 5.95 Å². The first-order chi connectivity index (χ1) is 14.8. The second-order valence-corrected chi connectivity index (χ2v) is 7.85. The second kappa shape index (κ2) is 8.67. The number of benzene rings is 2. The molecule has 0 atom stereocenters. The van der Waals surface area contributed by atoms with E-state index in [-0.39, 0.29) is 16.7 Å². The molecule has 0 aliphatic carbocycles. The Morgan fingerprint density at radius 1 is 0.968 bits per heavy atom. The van der Waals surface area contributed by atoms with E-state index in [4.69, 9.17) is 11.6 Å². The lowest BCUT2D eigenvalue weighted by Crippen LogP contribution is -2.37. The molecule has 1 aromatic heterocycles. The molecule has 4 nitrogen and oxygen atoms in total. The van der Waals surface area contributed by atoms with Crippen LogP contribution in [-0.4, -0.2) is 28.8 Å². The molecule has 0 radical (unpaired) electrons. The van der Waals surface area contributed by atoms with E-state index in [1.165, 1.54) is 12.1 Å². The van der Waals surface area contributed by atoms with Crippen molar-refractivity contribution in [3.63, 3.8) is 0 Å². The quantitative estimate of drug-likeness (QED) is 0.468. The molecule has 160 valence electrons. The standard InChI is InChI=1S/C23H19ClF3N3O/c24-20-7-6-18(14-19(20)23(25,26)27)15-2-4-16(5-3-15)21(31)17-8-12-30(13-9-17)22-28-10-1-11-29-22/h1-7,10-11,14,17H,8-9,12-13H2. The Kier molecular flexibility index (Phi) is 5.96. The Morgan fingerprint density at radius 3 is 2.19 bits per heavy atom. The van der Waals surface area contributed by atoms with Gasteiger partial charge in [-0.2, -0.15) is 13.2 Å². The summed E-state index contributed by atoms with van der Waals surface area (Å²) in [5.41, 5.74) is 0.672. The molecule has 0 saturated carbocycles. The van der Waals surface area contributed by atoms with E-state index < -0.39 is 11.7 Å². The number of carbonyl (C=O) groups excluding carboxylic acids is 1. The van der Waals surface area contributed by atoms with Crippen molar-refractivity contribution in [2.24, 2.45) is 5.92 Å². The maximum atomic E-state index is 13.1. The monoisotopic (exact) mass is 445 g/mol. The molecule has 8 heteroatoms. The van der Waals surface area contributed by atoms with Crippen LogP contribution in [0.3, 0.4) is 0 Å². The normalized spacial score (nSPS) is 15.2. The number of ketones is 1. The van der Waals surface area contributed by atoms with Crippen molar-refractivity contribution < 1.29 is 18.0 Å². The first kappa shape index (κ1) is 21.3. The largest absolute Gasteiger partial charge is 0.417 e. The third-order valence-corrected chi connectivity index (χ3v) is 5.80. The van der Waals surface area contributed by atoms with Crippen molar-refractivity contribution >= 4 is 23.3 Å². The van der Waals surface area contributed by atoms with Crippen LogP contribution in [0.15, 0.2) is 60.9 Å². The van der Waals surface area contributed by atoms with Crippen molar-refractivity contribution in [3.05, 3.63) is 77.1 Å². The summed E-state index contributed by atoms with van der Waals surface area (Å²) in [7, 11) is 0. The predicted octanol–water partition coefficient (Wildman–Crippen LogP) is 5.92. The highest BCUT2D eigenvalue weighted by molar-refractivity contribution is 6.31. The Bertz CT molecular complexity index is 1060. The summed E-state index contributed by atoms with van der Waals surface area (Å²) in [4.78, 5) is 23.5. The number of alkyl halides is 3. The van der Waals surface area contributed by atoms with Gasteiger partial charge < -0.3 is 4.90 Å². The maximum Gasteiger partial charge on any atom is 0.417 e. The first-order valence-corrected chi connectivity index (χ1v) is 10.2. The highest BCUT2D eigenvalue weighted by atomic mass is 35.5. The molecule has 0 unspecified atom stereocenters. The highest BCUT2D eigenvalue weighted by Crippen LogP contribution is 2.37. The van der Waals surface area contributed by atoms with Gasteiger partial charge in [0, 0.05) is 37.0 Å². The lowest BCUT2D eigenvalue weighted by Gasteiger charge is -2.31. The third kappa shape index (κ3) is 4.71. The number of Topliss-reactive ketones (excluding diaryl/α,β-unsaturated/α-hetero) is 1. The molecule has 3 aromatic rings. The number of piperidine rings is 1. The molecular formula is C23H19ClF3N3O. The van der Waals surface area contributed by atoms with E-state index in [1.54, 1.807) is 42.7 Å². The fourth-order valence-corrected chi connectivity index (χ4v) is 4.01. The molecule has 2 aromatic carbocycles. The van der Waals surface area contributed by atoms with E-state index in [0.717, 1.165) is 6.07 Å². The van der Waals surface area contributed by atoms with Crippen LogP contribution in [0.4, 0.5) is 19.1 Å². The minimum Gasteiger partial charge on any atom is -0.341 e. The molecule has 1 saturated heterocycles. The number of hydrogen-bond donors (Lipinski definition) is 0. The average Bonchev–Trinajstić information content (AvgIpc) is 2.79. The van der Waals surface area contributed by atoms with Crippen molar-refractivity contribution in [1.29, 1.82) is 0 Å². The third-order valence-electron chi connectivity index (χ3n) is 5.48. The zero-order valence-electron chi connectivity index (χ0n) is 16.4. The van der Waals surface area contributed by atoms with Crippen LogP contribution in [-0.2, 0) is 6.18 Å². The van der Waals surface area contributed by atoms with Crippen LogP contribution >= 0.6 is 11.6 Å². The van der Waals surface area contributed by atoms with Crippen LogP contribution < -0.4 is 4.90 Å². The zero-order chi connectivity index (χ0) is 22.0. The summed E-state index contributed by atoms with van der Waals surface area (Å²) < 4.78 is 39.3. The molecule has 0 N–H and O–H groups in total. The van der Waals surface area contributed by atoms with Gasteiger partial charge in [0.25, 0.3) is 0 Å². The number of hydrogen-bond acceptors (Lipinski definition) is 4. The van der Waals surface area contributed by atoms with Crippen LogP contribution in [0.5, 0.6) is 0 Å². The molecule has 2 heterocycles. The molecule has 31 heavy (non-hydrogen) atoms. The molecule has 0 spiro atoms. The lowest BCUT2D eigenvalue weighted by molar-refractivity contribution is -0.137. The smallest absolute Gasteiger partial charge is 0.341 e. The topological polar surface area (TPSA) is 46.1 Å². The fraction of sp³-hybridized carbons (Fsp3) is 0.261. The Labute approximate surface area is 182 Å². The van der Waals surface area contributed by atoms with E-state index in [2.05, 4.69) is 14.9 Å². The van der Waals surface area contributed by atoms with Crippen molar-refractivity contribution in [2.45, 2.75) is 19.0 Å². The van der Waals surface area contributed by atoms with Gasteiger partial charge in [-0.1, -0.05) is 41.9 Å². The Hall–Kier alpha value is -2.93. The average molecular weight is 446 g/mol. The SMILES string of the molecule is O=C(c1ccc(-c2ccc(Cl)c(C(F)(F)F)c2)cc1)C1CCN(c2ncccn2)CC1. The van der Waals surface area contributed by atoms with E-state index in [1.807, 2.05) is 0 Å². The molecule has 1 aliphatic rings. The number of nitrogens with zero attached hydrogens (tertiary/aromatic N) is 3. The second-order valence-electron chi connectivity index (χ2n) is 7.44. The van der Waals surface area contributed by atoms with Crippen molar-refractivity contribution in [3.8, 4) is 11.1 Å². The van der Waals surface area contributed by atoms with Gasteiger partial charge in [0.05, 0.1) is 10.6 Å². The number of anilines is 1. The summed E-state index contributed by atoms with van der Waals surface area (Å²) >= 11 is 5.69. The summed E-state index contributed by atoms with van der Waals surface area (Å²) in [5, 5.41) is -0.338.